The molecule has 1 saturated heterocycles. The first-order valence-electron chi connectivity index (χ1n) is 6.24. The lowest BCUT2D eigenvalue weighted by Gasteiger charge is -2.29. The van der Waals surface area contributed by atoms with Crippen LogP contribution in [-0.4, -0.2) is 13.2 Å². The summed E-state index contributed by atoms with van der Waals surface area (Å²) in [7, 11) is 0. The molecule has 0 amide bonds. The molecule has 0 spiro atoms. The molecule has 88 valence electrons. The van der Waals surface area contributed by atoms with Crippen molar-refractivity contribution in [2.45, 2.75) is 32.2 Å². The highest BCUT2D eigenvalue weighted by Crippen LogP contribution is 2.29. The number of hydrogen-bond donors (Lipinski definition) is 1. The summed E-state index contributed by atoms with van der Waals surface area (Å²) in [6, 6.07) is 8.74. The van der Waals surface area contributed by atoms with E-state index in [1.54, 1.807) is 0 Å². The second-order valence-corrected chi connectivity index (χ2v) is 4.53. The van der Waals surface area contributed by atoms with E-state index in [9.17, 15) is 0 Å². The Morgan fingerprint density at radius 1 is 1.31 bits per heavy atom. The lowest BCUT2D eigenvalue weighted by molar-refractivity contribution is 0.0583. The minimum atomic E-state index is 0.181. The number of aryl methyl sites for hydroxylation is 1. The predicted molar refractivity (Wildman–Crippen MR) is 66.3 cm³/mol. The number of hydrogen-bond acceptors (Lipinski definition) is 2. The lowest BCUT2D eigenvalue weighted by Crippen LogP contribution is -2.28. The Kier molecular flexibility index (Phi) is 3.97. The summed E-state index contributed by atoms with van der Waals surface area (Å²) in [6.07, 6.45) is 3.26. The van der Waals surface area contributed by atoms with Crippen LogP contribution in [0.25, 0.3) is 0 Å². The van der Waals surface area contributed by atoms with Gasteiger partial charge < -0.3 is 10.5 Å². The minimum absolute atomic E-state index is 0.181. The normalized spacial score (nSPS) is 19.6. The average Bonchev–Trinajstić information content (AvgIpc) is 2.39. The predicted octanol–water partition coefficient (Wildman–Crippen LogP) is 2.68. The second kappa shape index (κ2) is 5.46. The number of ether oxygens (including phenoxy) is 1. The highest BCUT2D eigenvalue weighted by molar-refractivity contribution is 5.30. The molecule has 0 aliphatic carbocycles. The molecule has 2 heteroatoms. The van der Waals surface area contributed by atoms with Gasteiger partial charge in [-0.05, 0) is 36.3 Å². The Labute approximate surface area is 97.8 Å². The molecule has 1 aliphatic heterocycles. The van der Waals surface area contributed by atoms with Crippen molar-refractivity contribution in [2.75, 3.05) is 13.2 Å². The molecule has 1 fully saturated rings. The maximum Gasteiger partial charge on any atom is 0.0469 e. The summed E-state index contributed by atoms with van der Waals surface area (Å²) in [5.41, 5.74) is 9.11. The summed E-state index contributed by atoms with van der Waals surface area (Å²) in [5.74, 6) is 0.585. The van der Waals surface area contributed by atoms with Crippen LogP contribution in [0.3, 0.4) is 0 Å². The van der Waals surface area contributed by atoms with Gasteiger partial charge >= 0.3 is 0 Å². The molecule has 1 heterocycles. The van der Waals surface area contributed by atoms with E-state index in [4.69, 9.17) is 10.5 Å². The smallest absolute Gasteiger partial charge is 0.0469 e. The number of benzene rings is 1. The van der Waals surface area contributed by atoms with E-state index >= 15 is 0 Å². The van der Waals surface area contributed by atoms with E-state index < -0.39 is 0 Å². The van der Waals surface area contributed by atoms with Crippen LogP contribution in [0.4, 0.5) is 0 Å². The molecular formula is C14H21NO. The summed E-state index contributed by atoms with van der Waals surface area (Å²) >= 11 is 0. The zero-order valence-corrected chi connectivity index (χ0v) is 9.99. The van der Waals surface area contributed by atoms with E-state index in [2.05, 4.69) is 31.2 Å². The summed E-state index contributed by atoms with van der Waals surface area (Å²) in [6.45, 7) is 3.93. The third-order valence-electron chi connectivity index (χ3n) is 3.57. The molecule has 2 N–H and O–H groups in total. The Morgan fingerprint density at radius 2 is 2.00 bits per heavy atom. The van der Waals surface area contributed by atoms with Crippen molar-refractivity contribution in [3.8, 4) is 0 Å². The summed E-state index contributed by atoms with van der Waals surface area (Å²) < 4.78 is 5.39. The standard InChI is InChI=1S/C14H21NO/c1-2-11-5-3-4-6-13(11)14(15)12-7-9-16-10-8-12/h3-6,12,14H,2,7-10,15H2,1H3. The van der Waals surface area contributed by atoms with Gasteiger partial charge in [-0.1, -0.05) is 31.2 Å². The van der Waals surface area contributed by atoms with Crippen molar-refractivity contribution in [3.05, 3.63) is 35.4 Å². The second-order valence-electron chi connectivity index (χ2n) is 4.53. The van der Waals surface area contributed by atoms with E-state index in [0.717, 1.165) is 32.5 Å². The lowest BCUT2D eigenvalue weighted by atomic mass is 9.85. The van der Waals surface area contributed by atoms with Crippen LogP contribution < -0.4 is 5.73 Å². The van der Waals surface area contributed by atoms with Gasteiger partial charge in [0.15, 0.2) is 0 Å². The topological polar surface area (TPSA) is 35.2 Å². The third-order valence-corrected chi connectivity index (χ3v) is 3.57. The third kappa shape index (κ3) is 2.45. The Balaban J connectivity index is 2.15. The van der Waals surface area contributed by atoms with Crippen molar-refractivity contribution in [3.63, 3.8) is 0 Å². The highest BCUT2D eigenvalue weighted by Gasteiger charge is 2.23. The van der Waals surface area contributed by atoms with Crippen molar-refractivity contribution in [2.24, 2.45) is 11.7 Å². The van der Waals surface area contributed by atoms with Crippen LogP contribution in [0, 0.1) is 5.92 Å². The summed E-state index contributed by atoms with van der Waals surface area (Å²) in [5, 5.41) is 0. The zero-order valence-electron chi connectivity index (χ0n) is 9.99. The van der Waals surface area contributed by atoms with Crippen LogP contribution in [-0.2, 0) is 11.2 Å². The minimum Gasteiger partial charge on any atom is -0.381 e. The van der Waals surface area contributed by atoms with Crippen molar-refractivity contribution >= 4 is 0 Å². The van der Waals surface area contributed by atoms with Gasteiger partial charge in [0.1, 0.15) is 0 Å². The van der Waals surface area contributed by atoms with Crippen molar-refractivity contribution < 1.29 is 4.74 Å². The van der Waals surface area contributed by atoms with Crippen LogP contribution >= 0.6 is 0 Å². The van der Waals surface area contributed by atoms with Gasteiger partial charge in [0.2, 0.25) is 0 Å². The van der Waals surface area contributed by atoms with Crippen LogP contribution in [0.1, 0.15) is 36.9 Å². The molecular weight excluding hydrogens is 198 g/mol. The van der Waals surface area contributed by atoms with Crippen molar-refractivity contribution in [1.82, 2.24) is 0 Å². The number of rotatable bonds is 3. The quantitative estimate of drug-likeness (QED) is 0.848. The molecule has 0 saturated carbocycles. The first kappa shape index (κ1) is 11.6. The molecule has 0 radical (unpaired) electrons. The average molecular weight is 219 g/mol. The fourth-order valence-electron chi connectivity index (χ4n) is 2.51. The Morgan fingerprint density at radius 3 is 2.69 bits per heavy atom. The first-order chi connectivity index (χ1) is 7.83. The SMILES string of the molecule is CCc1ccccc1C(N)C1CCOCC1. The van der Waals surface area contributed by atoms with Gasteiger partial charge in [-0.15, -0.1) is 0 Å². The number of nitrogens with two attached hydrogens (primary N) is 1. The maximum atomic E-state index is 6.39. The van der Waals surface area contributed by atoms with Gasteiger partial charge in [-0.2, -0.15) is 0 Å². The molecule has 1 aromatic rings. The van der Waals surface area contributed by atoms with Crippen LogP contribution in [0.2, 0.25) is 0 Å². The van der Waals surface area contributed by atoms with E-state index in [0.29, 0.717) is 5.92 Å². The van der Waals surface area contributed by atoms with Gasteiger partial charge in [0.05, 0.1) is 0 Å². The first-order valence-corrected chi connectivity index (χ1v) is 6.24. The van der Waals surface area contributed by atoms with Crippen molar-refractivity contribution in [1.29, 1.82) is 0 Å². The van der Waals surface area contributed by atoms with E-state index in [-0.39, 0.29) is 6.04 Å². The molecule has 1 atom stereocenters. The van der Waals surface area contributed by atoms with Gasteiger partial charge in [-0.25, -0.2) is 0 Å². The van der Waals surface area contributed by atoms with E-state index in [1.807, 2.05) is 0 Å². The molecule has 0 bridgehead atoms. The van der Waals surface area contributed by atoms with Gasteiger partial charge in [0.25, 0.3) is 0 Å². The molecule has 2 rings (SSSR count). The molecule has 16 heavy (non-hydrogen) atoms. The van der Waals surface area contributed by atoms with Crippen LogP contribution in [0.15, 0.2) is 24.3 Å². The zero-order chi connectivity index (χ0) is 11.4. The van der Waals surface area contributed by atoms with Crippen LogP contribution in [0.5, 0.6) is 0 Å². The largest absolute Gasteiger partial charge is 0.381 e. The fourth-order valence-corrected chi connectivity index (χ4v) is 2.51. The molecule has 1 aliphatic rings. The Hall–Kier alpha value is -0.860. The molecule has 2 nitrogen and oxygen atoms in total. The molecule has 1 aromatic carbocycles. The summed E-state index contributed by atoms with van der Waals surface area (Å²) in [4.78, 5) is 0. The van der Waals surface area contributed by atoms with Gasteiger partial charge in [-0.3, -0.25) is 0 Å². The highest BCUT2D eigenvalue weighted by atomic mass is 16.5. The fraction of sp³-hybridized carbons (Fsp3) is 0.571. The Bertz CT molecular complexity index is 331. The van der Waals surface area contributed by atoms with Gasteiger partial charge in [0, 0.05) is 19.3 Å². The monoisotopic (exact) mass is 219 g/mol. The molecule has 0 aromatic heterocycles. The maximum absolute atomic E-state index is 6.39. The van der Waals surface area contributed by atoms with E-state index in [1.165, 1.54) is 11.1 Å². The molecule has 1 unspecified atom stereocenters.